The molecule has 0 spiro atoms. The van der Waals surface area contributed by atoms with Crippen molar-refractivity contribution in [2.24, 2.45) is 0 Å². The molecule has 0 fully saturated rings. The fourth-order valence-corrected chi connectivity index (χ4v) is 9.08. The number of likely N-dealkylation sites (N-methyl/N-ethyl adjacent to an activating group) is 1. The minimum atomic E-state index is -4.31. The van der Waals surface area contributed by atoms with Gasteiger partial charge < -0.3 is 19.8 Å². The number of aliphatic hydroxyl groups is 1. The van der Waals surface area contributed by atoms with Gasteiger partial charge in [0.1, 0.15) is 13.2 Å². The number of carbonyl (C=O) groups is 1. The van der Waals surface area contributed by atoms with Crippen LogP contribution < -0.4 is 5.32 Å². The summed E-state index contributed by atoms with van der Waals surface area (Å²) in [5.41, 5.74) is 0. The van der Waals surface area contributed by atoms with Gasteiger partial charge in [0.05, 0.1) is 39.9 Å². The van der Waals surface area contributed by atoms with Crippen molar-refractivity contribution in [3.8, 4) is 0 Å². The number of nitrogens with one attached hydrogen (secondary N) is 1. The first-order chi connectivity index (χ1) is 29.5. The minimum Gasteiger partial charge on any atom is -0.391 e. The zero-order valence-electron chi connectivity index (χ0n) is 41.7. The molecule has 0 bridgehead atoms. The molecule has 0 aromatic heterocycles. The van der Waals surface area contributed by atoms with Gasteiger partial charge in [-0.2, -0.15) is 0 Å². The summed E-state index contributed by atoms with van der Waals surface area (Å²) in [5.74, 6) is -0.139. The molecule has 61 heavy (non-hydrogen) atoms. The highest BCUT2D eigenvalue weighted by Crippen LogP contribution is 2.43. The molecular formula is C52H108N2O6P+. The van der Waals surface area contributed by atoms with Crippen LogP contribution >= 0.6 is 7.82 Å². The number of carbonyl (C=O) groups excluding carboxylic acids is 1. The van der Waals surface area contributed by atoms with Gasteiger partial charge in [-0.15, -0.1) is 0 Å². The fraction of sp³-hybridized carbons (Fsp3) is 0.981. The van der Waals surface area contributed by atoms with Crippen LogP contribution in [0.1, 0.15) is 277 Å². The summed E-state index contributed by atoms with van der Waals surface area (Å²) < 4.78 is 23.7. The summed E-state index contributed by atoms with van der Waals surface area (Å²) in [7, 11) is 1.63. The summed E-state index contributed by atoms with van der Waals surface area (Å²) in [6.07, 6.45) is 51.6. The number of hydrogen-bond acceptors (Lipinski definition) is 5. The molecule has 0 aromatic carbocycles. The Morgan fingerprint density at radius 1 is 0.492 bits per heavy atom. The lowest BCUT2D eigenvalue weighted by atomic mass is 10.0. The quantitative estimate of drug-likeness (QED) is 0.0319. The molecule has 0 rings (SSSR count). The molecule has 366 valence electrons. The summed E-state index contributed by atoms with van der Waals surface area (Å²) in [4.78, 5) is 23.2. The van der Waals surface area contributed by atoms with Crippen LogP contribution in [-0.2, 0) is 18.4 Å². The number of quaternary nitrogens is 1. The van der Waals surface area contributed by atoms with Crippen molar-refractivity contribution in [2.45, 2.75) is 289 Å². The highest BCUT2D eigenvalue weighted by atomic mass is 31.2. The minimum absolute atomic E-state index is 0.0786. The normalized spacial score (nSPS) is 14.0. The number of unbranched alkanes of at least 4 members (excludes halogenated alkanes) is 37. The van der Waals surface area contributed by atoms with E-state index in [1.165, 1.54) is 212 Å². The number of hydrogen-bond donors (Lipinski definition) is 3. The molecule has 0 saturated heterocycles. The van der Waals surface area contributed by atoms with Crippen molar-refractivity contribution in [1.82, 2.24) is 5.32 Å². The zero-order chi connectivity index (χ0) is 45.0. The third-order valence-corrected chi connectivity index (χ3v) is 13.6. The van der Waals surface area contributed by atoms with Gasteiger partial charge in [-0.1, -0.05) is 258 Å². The maximum atomic E-state index is 12.9. The molecule has 8 nitrogen and oxygen atoms in total. The van der Waals surface area contributed by atoms with Crippen LogP contribution in [0.25, 0.3) is 0 Å². The predicted octanol–water partition coefficient (Wildman–Crippen LogP) is 15.7. The standard InChI is InChI=1S/C52H107N2O6P/c1-6-8-10-12-14-16-18-19-20-21-22-23-24-25-26-27-28-29-30-31-32-33-34-36-38-40-42-44-46-52(56)53-50(49-60-61(57,58)59-48-47-54(3,4)5)51(55)45-43-41-39-37-35-17-15-13-11-9-7-2/h50-51,55H,6-49H2,1-5H3,(H-,53,56,57,58)/p+1. The zero-order valence-corrected chi connectivity index (χ0v) is 42.6. The van der Waals surface area contributed by atoms with Gasteiger partial charge in [-0.3, -0.25) is 13.8 Å². The van der Waals surface area contributed by atoms with Crippen LogP contribution in [0.3, 0.4) is 0 Å². The molecule has 3 atom stereocenters. The Balaban J connectivity index is 3.99. The Morgan fingerprint density at radius 3 is 1.10 bits per heavy atom. The molecule has 0 aliphatic rings. The molecule has 3 unspecified atom stereocenters. The number of phosphoric acid groups is 1. The van der Waals surface area contributed by atoms with E-state index < -0.39 is 20.0 Å². The summed E-state index contributed by atoms with van der Waals surface area (Å²) in [6, 6.07) is -0.753. The average molecular weight is 888 g/mol. The smallest absolute Gasteiger partial charge is 0.391 e. The van der Waals surface area contributed by atoms with E-state index in [0.29, 0.717) is 23.9 Å². The van der Waals surface area contributed by atoms with Crippen LogP contribution in [0.5, 0.6) is 0 Å². The van der Waals surface area contributed by atoms with E-state index in [1.807, 2.05) is 21.1 Å². The van der Waals surface area contributed by atoms with Crippen LogP contribution in [-0.4, -0.2) is 73.4 Å². The van der Waals surface area contributed by atoms with Gasteiger partial charge in [0.25, 0.3) is 0 Å². The van der Waals surface area contributed by atoms with E-state index >= 15 is 0 Å². The van der Waals surface area contributed by atoms with Crippen molar-refractivity contribution in [3.05, 3.63) is 0 Å². The number of amides is 1. The number of phosphoric ester groups is 1. The summed E-state index contributed by atoms with van der Waals surface area (Å²) >= 11 is 0. The van der Waals surface area contributed by atoms with E-state index in [9.17, 15) is 19.4 Å². The molecule has 0 aromatic rings. The number of rotatable bonds is 50. The second kappa shape index (κ2) is 44.7. The van der Waals surface area contributed by atoms with Gasteiger partial charge in [-0.25, -0.2) is 4.57 Å². The molecule has 0 aliphatic carbocycles. The lowest BCUT2D eigenvalue weighted by molar-refractivity contribution is -0.870. The second-order valence-corrected chi connectivity index (χ2v) is 21.4. The predicted molar refractivity (Wildman–Crippen MR) is 263 cm³/mol. The Bertz CT molecular complexity index is 963. The third-order valence-electron chi connectivity index (χ3n) is 12.6. The molecule has 0 heterocycles. The molecule has 9 heteroatoms. The first-order valence-electron chi connectivity index (χ1n) is 26.9. The van der Waals surface area contributed by atoms with Crippen molar-refractivity contribution in [3.63, 3.8) is 0 Å². The summed E-state index contributed by atoms with van der Waals surface area (Å²) in [6.45, 7) is 4.91. The van der Waals surface area contributed by atoms with Gasteiger partial charge in [0.2, 0.25) is 5.91 Å². The van der Waals surface area contributed by atoms with Gasteiger partial charge in [0.15, 0.2) is 0 Å². The number of aliphatic hydroxyl groups excluding tert-OH is 1. The lowest BCUT2D eigenvalue weighted by Gasteiger charge is -2.26. The second-order valence-electron chi connectivity index (χ2n) is 20.0. The topological polar surface area (TPSA) is 105 Å². The molecule has 3 N–H and O–H groups in total. The Kier molecular flexibility index (Phi) is 44.3. The van der Waals surface area contributed by atoms with Gasteiger partial charge in [-0.05, 0) is 12.8 Å². The van der Waals surface area contributed by atoms with E-state index in [1.54, 1.807) is 0 Å². The molecule has 0 saturated carbocycles. The van der Waals surface area contributed by atoms with Gasteiger partial charge in [0, 0.05) is 6.42 Å². The molecule has 1 amide bonds. The SMILES string of the molecule is CCCCCCCCCCCCCCCCCCCCCCCCCCCCCCC(=O)NC(COP(=O)(O)OCC[N+](C)(C)C)C(O)CCCCCCCCCCCCC. The van der Waals surface area contributed by atoms with E-state index in [2.05, 4.69) is 19.2 Å². The van der Waals surface area contributed by atoms with E-state index in [-0.39, 0.29) is 19.1 Å². The van der Waals surface area contributed by atoms with Crippen LogP contribution in [0.15, 0.2) is 0 Å². The van der Waals surface area contributed by atoms with Crippen molar-refractivity contribution in [2.75, 3.05) is 40.9 Å². The molecule has 0 radical (unpaired) electrons. The van der Waals surface area contributed by atoms with Crippen LogP contribution in [0.4, 0.5) is 0 Å². The first-order valence-corrected chi connectivity index (χ1v) is 28.4. The van der Waals surface area contributed by atoms with Crippen molar-refractivity contribution in [1.29, 1.82) is 0 Å². The Labute approximate surface area is 380 Å². The van der Waals surface area contributed by atoms with Crippen LogP contribution in [0.2, 0.25) is 0 Å². The lowest BCUT2D eigenvalue weighted by Crippen LogP contribution is -2.46. The number of nitrogens with zero attached hydrogens (tertiary/aromatic N) is 1. The highest BCUT2D eigenvalue weighted by Gasteiger charge is 2.28. The van der Waals surface area contributed by atoms with Crippen LogP contribution in [0, 0.1) is 0 Å². The van der Waals surface area contributed by atoms with E-state index in [4.69, 9.17) is 9.05 Å². The molecular weight excluding hydrogens is 780 g/mol. The maximum absolute atomic E-state index is 12.9. The largest absolute Gasteiger partial charge is 0.472 e. The Hall–Kier alpha value is -0.500. The third kappa shape index (κ3) is 47.3. The van der Waals surface area contributed by atoms with E-state index in [0.717, 1.165) is 38.5 Å². The first kappa shape index (κ1) is 60.5. The maximum Gasteiger partial charge on any atom is 0.472 e. The van der Waals surface area contributed by atoms with Gasteiger partial charge >= 0.3 is 7.82 Å². The molecule has 0 aliphatic heterocycles. The van der Waals surface area contributed by atoms with Crippen molar-refractivity contribution < 1.29 is 32.9 Å². The highest BCUT2D eigenvalue weighted by molar-refractivity contribution is 7.47. The average Bonchev–Trinajstić information content (AvgIpc) is 3.21. The Morgan fingerprint density at radius 2 is 0.787 bits per heavy atom. The summed E-state index contributed by atoms with van der Waals surface area (Å²) in [5, 5.41) is 14.0. The monoisotopic (exact) mass is 888 g/mol. The fourth-order valence-electron chi connectivity index (χ4n) is 8.34. The van der Waals surface area contributed by atoms with Crippen molar-refractivity contribution >= 4 is 13.7 Å².